The van der Waals surface area contributed by atoms with Crippen molar-refractivity contribution >= 4 is 7.12 Å². The summed E-state index contributed by atoms with van der Waals surface area (Å²) in [6.07, 6.45) is 1.82. The summed E-state index contributed by atoms with van der Waals surface area (Å²) in [4.78, 5) is 0. The van der Waals surface area contributed by atoms with Crippen LogP contribution in [0, 0.1) is 0 Å². The summed E-state index contributed by atoms with van der Waals surface area (Å²) in [6.45, 7) is 1.90. The van der Waals surface area contributed by atoms with Gasteiger partial charge in [-0.3, -0.25) is 0 Å². The molecule has 0 saturated heterocycles. The maximum absolute atomic E-state index is 5.45. The summed E-state index contributed by atoms with van der Waals surface area (Å²) in [6, 6.07) is 7.62. The molecule has 0 aromatic heterocycles. The molecule has 2 nitrogen and oxygen atoms in total. The molecule has 13 heavy (non-hydrogen) atoms. The molecule has 1 aromatic rings. The minimum absolute atomic E-state index is 0.325. The van der Waals surface area contributed by atoms with Crippen molar-refractivity contribution in [3.63, 3.8) is 0 Å². The van der Waals surface area contributed by atoms with Crippen LogP contribution in [0.2, 0.25) is 0 Å². The molecule has 0 spiro atoms. The van der Waals surface area contributed by atoms with Gasteiger partial charge in [-0.15, -0.1) is 5.73 Å². The van der Waals surface area contributed by atoms with Crippen molar-refractivity contribution in [2.45, 2.75) is 6.92 Å². The molecular weight excluding hydrogens is 163 g/mol. The van der Waals surface area contributed by atoms with Crippen molar-refractivity contribution in [1.82, 2.24) is 0 Å². The lowest BCUT2D eigenvalue weighted by Gasteiger charge is -1.94. The van der Waals surface area contributed by atoms with E-state index in [1.165, 1.54) is 0 Å². The minimum Gasteiger partial charge on any atom is -0.519 e. The molecule has 3 heteroatoms. The van der Waals surface area contributed by atoms with Crippen molar-refractivity contribution in [3.8, 4) is 11.5 Å². The van der Waals surface area contributed by atoms with Gasteiger partial charge in [-0.2, -0.15) is 0 Å². The van der Waals surface area contributed by atoms with Gasteiger partial charge in [-0.1, -0.05) is 12.1 Å². The molecule has 1 aliphatic heterocycles. The second-order valence-corrected chi connectivity index (χ2v) is 2.67. The van der Waals surface area contributed by atoms with E-state index in [1.807, 2.05) is 37.3 Å². The topological polar surface area (TPSA) is 18.5 Å². The summed E-state index contributed by atoms with van der Waals surface area (Å²) in [5, 5.41) is 0. The second-order valence-electron chi connectivity index (χ2n) is 2.67. The lowest BCUT2D eigenvalue weighted by atomic mass is 9.91. The normalized spacial score (nSPS) is 12.2. The molecule has 1 heterocycles. The molecule has 2 rings (SSSR count). The molecule has 0 saturated carbocycles. The number of benzene rings is 1. The average Bonchev–Trinajstić information content (AvgIpc) is 2.57. The number of para-hydroxylation sites is 2. The lowest BCUT2D eigenvalue weighted by molar-refractivity contribution is 0.517. The highest BCUT2D eigenvalue weighted by Crippen LogP contribution is 2.32. The van der Waals surface area contributed by atoms with Gasteiger partial charge in [-0.05, 0) is 25.1 Å². The van der Waals surface area contributed by atoms with Crippen LogP contribution in [0.5, 0.6) is 11.5 Å². The van der Waals surface area contributed by atoms with Crippen molar-refractivity contribution in [1.29, 1.82) is 0 Å². The summed E-state index contributed by atoms with van der Waals surface area (Å²) in [5.41, 5.74) is 2.93. The molecule has 1 aliphatic rings. The predicted octanol–water partition coefficient (Wildman–Crippen LogP) is 2.22. The van der Waals surface area contributed by atoms with E-state index in [-0.39, 0.29) is 7.12 Å². The number of fused-ring (bicyclic) bond motifs is 1. The van der Waals surface area contributed by atoms with E-state index < -0.39 is 0 Å². The fourth-order valence-corrected chi connectivity index (χ4v) is 1.16. The predicted molar refractivity (Wildman–Crippen MR) is 51.8 cm³/mol. The Morgan fingerprint density at radius 3 is 2.38 bits per heavy atom. The summed E-state index contributed by atoms with van der Waals surface area (Å²) in [5.74, 6) is 3.34. The highest BCUT2D eigenvalue weighted by Gasteiger charge is 2.28. The van der Waals surface area contributed by atoms with Gasteiger partial charge in [0.1, 0.15) is 11.5 Å². The van der Waals surface area contributed by atoms with E-state index in [2.05, 4.69) is 5.73 Å². The van der Waals surface area contributed by atoms with Crippen LogP contribution in [0.4, 0.5) is 0 Å². The Labute approximate surface area is 77.6 Å². The largest absolute Gasteiger partial charge is 0.633 e. The van der Waals surface area contributed by atoms with E-state index in [1.54, 1.807) is 5.98 Å². The van der Waals surface area contributed by atoms with Crippen LogP contribution in [0.25, 0.3) is 0 Å². The minimum atomic E-state index is -0.325. The highest BCUT2D eigenvalue weighted by atomic mass is 16.6. The first kappa shape index (κ1) is 8.02. The Hall–Kier alpha value is -1.60. The first-order valence-corrected chi connectivity index (χ1v) is 4.20. The zero-order valence-corrected chi connectivity index (χ0v) is 7.36. The van der Waals surface area contributed by atoms with Gasteiger partial charge < -0.3 is 9.31 Å². The summed E-state index contributed by atoms with van der Waals surface area (Å²) < 4.78 is 10.9. The van der Waals surface area contributed by atoms with E-state index in [0.717, 1.165) is 11.5 Å². The third-order valence-corrected chi connectivity index (χ3v) is 1.73. The Morgan fingerprint density at radius 2 is 1.85 bits per heavy atom. The van der Waals surface area contributed by atoms with Gasteiger partial charge in [0, 0.05) is 5.98 Å². The van der Waals surface area contributed by atoms with Crippen LogP contribution in [0.3, 0.4) is 0 Å². The Bertz CT molecular complexity index is 342. The summed E-state index contributed by atoms with van der Waals surface area (Å²) >= 11 is 0. The molecule has 0 N–H and O–H groups in total. The monoisotopic (exact) mass is 172 g/mol. The zero-order chi connectivity index (χ0) is 9.10. The smallest absolute Gasteiger partial charge is 0.519 e. The molecule has 0 unspecified atom stereocenters. The van der Waals surface area contributed by atoms with Crippen LogP contribution in [-0.4, -0.2) is 7.12 Å². The third kappa shape index (κ3) is 1.60. The third-order valence-electron chi connectivity index (χ3n) is 1.73. The Kier molecular flexibility index (Phi) is 2.11. The van der Waals surface area contributed by atoms with Gasteiger partial charge >= 0.3 is 7.12 Å². The van der Waals surface area contributed by atoms with Crippen molar-refractivity contribution in [3.05, 3.63) is 42.0 Å². The molecule has 1 aromatic carbocycles. The fraction of sp³-hybridized carbons (Fsp3) is 0.100. The second kappa shape index (κ2) is 3.42. The lowest BCUT2D eigenvalue weighted by Crippen LogP contribution is -2.20. The maximum Gasteiger partial charge on any atom is 0.633 e. The average molecular weight is 172 g/mol. The van der Waals surface area contributed by atoms with Crippen molar-refractivity contribution in [2.24, 2.45) is 0 Å². The first-order valence-electron chi connectivity index (χ1n) is 4.20. The maximum atomic E-state index is 5.45. The molecule has 0 radical (unpaired) electrons. The number of rotatable bonds is 1. The zero-order valence-electron chi connectivity index (χ0n) is 7.36. The van der Waals surface area contributed by atoms with Crippen molar-refractivity contribution < 1.29 is 9.31 Å². The van der Waals surface area contributed by atoms with Gasteiger partial charge in [0.2, 0.25) is 0 Å². The molecule has 0 atom stereocenters. The molecule has 0 amide bonds. The van der Waals surface area contributed by atoms with E-state index >= 15 is 0 Å². The van der Waals surface area contributed by atoms with Gasteiger partial charge in [0.25, 0.3) is 0 Å². The van der Waals surface area contributed by atoms with E-state index in [9.17, 15) is 0 Å². The van der Waals surface area contributed by atoms with Crippen molar-refractivity contribution in [2.75, 3.05) is 0 Å². The highest BCUT2D eigenvalue weighted by molar-refractivity contribution is 6.53. The Balaban J connectivity index is 2.18. The van der Waals surface area contributed by atoms with Crippen LogP contribution in [0.15, 0.2) is 42.0 Å². The molecule has 0 aliphatic carbocycles. The first-order chi connectivity index (χ1) is 6.40. The van der Waals surface area contributed by atoms with Gasteiger partial charge in [0.05, 0.1) is 0 Å². The molecule has 0 bridgehead atoms. The fourth-order valence-electron chi connectivity index (χ4n) is 1.16. The van der Waals surface area contributed by atoms with Crippen LogP contribution >= 0.6 is 0 Å². The van der Waals surface area contributed by atoms with Gasteiger partial charge in [-0.25, -0.2) is 0 Å². The molecular formula is C10H9BO2. The van der Waals surface area contributed by atoms with Gasteiger partial charge in [0.15, 0.2) is 0 Å². The number of hydrogen-bond acceptors (Lipinski definition) is 2. The Morgan fingerprint density at radius 1 is 1.23 bits per heavy atom. The van der Waals surface area contributed by atoms with E-state index in [0.29, 0.717) is 0 Å². The molecule has 64 valence electrons. The SMILES string of the molecule is CC=C=CB1Oc2ccccc2O1. The summed E-state index contributed by atoms with van der Waals surface area (Å²) in [7, 11) is -0.325. The van der Waals surface area contributed by atoms with Crippen LogP contribution in [0.1, 0.15) is 6.92 Å². The molecule has 0 fully saturated rings. The van der Waals surface area contributed by atoms with Crippen LogP contribution < -0.4 is 9.31 Å². The van der Waals surface area contributed by atoms with Crippen LogP contribution in [-0.2, 0) is 0 Å². The number of allylic oxidation sites excluding steroid dienone is 1. The standard InChI is InChI=1S/C10H9BO2/c1-2-3-8-11-12-9-6-4-5-7-10(9)13-11/h2,4-8H,1H3. The van der Waals surface area contributed by atoms with E-state index in [4.69, 9.17) is 9.31 Å². The quantitative estimate of drug-likeness (QED) is 0.477. The number of hydrogen-bond donors (Lipinski definition) is 0.